The van der Waals surface area contributed by atoms with Crippen molar-refractivity contribution in [1.29, 1.82) is 0 Å². The molecule has 3 nitrogen and oxygen atoms in total. The predicted octanol–water partition coefficient (Wildman–Crippen LogP) is 3.88. The third-order valence-electron chi connectivity index (χ3n) is 3.61. The number of methoxy groups -OCH3 is 1. The maximum absolute atomic E-state index is 5.64. The van der Waals surface area contributed by atoms with Gasteiger partial charge in [-0.05, 0) is 29.0 Å². The fraction of sp³-hybridized carbons (Fsp3) is 0.647. The van der Waals surface area contributed by atoms with E-state index >= 15 is 0 Å². The summed E-state index contributed by atoms with van der Waals surface area (Å²) in [5.74, 6) is 1.42. The van der Waals surface area contributed by atoms with Crippen LogP contribution in [-0.4, -0.2) is 33.5 Å². The highest BCUT2D eigenvalue weighted by Gasteiger charge is 2.21. The predicted molar refractivity (Wildman–Crippen MR) is 82.5 cm³/mol. The van der Waals surface area contributed by atoms with Gasteiger partial charge in [0.25, 0.3) is 0 Å². The number of hydrogen-bond donors (Lipinski definition) is 0. The molecular formula is C17H28O3. The van der Waals surface area contributed by atoms with Crippen molar-refractivity contribution in [2.45, 2.75) is 33.6 Å². The summed E-state index contributed by atoms with van der Waals surface area (Å²) in [5, 5.41) is 0. The maximum atomic E-state index is 5.64. The molecule has 0 radical (unpaired) electrons. The van der Waals surface area contributed by atoms with Crippen LogP contribution in [0.15, 0.2) is 24.3 Å². The molecule has 114 valence electrons. The molecule has 1 rings (SSSR count). The number of benzene rings is 1. The molecule has 1 atom stereocenters. The van der Waals surface area contributed by atoms with Crippen LogP contribution >= 0.6 is 0 Å². The Morgan fingerprint density at radius 1 is 0.950 bits per heavy atom. The first-order chi connectivity index (χ1) is 9.45. The van der Waals surface area contributed by atoms with E-state index in [1.165, 1.54) is 5.56 Å². The molecule has 1 unspecified atom stereocenters. The Labute approximate surface area is 123 Å². The molecule has 0 aliphatic rings. The Bertz CT molecular complexity index is 365. The van der Waals surface area contributed by atoms with Gasteiger partial charge in [-0.25, -0.2) is 0 Å². The molecule has 0 aliphatic carbocycles. The van der Waals surface area contributed by atoms with Crippen LogP contribution in [0.1, 0.15) is 39.2 Å². The minimum Gasteiger partial charge on any atom is -0.491 e. The highest BCUT2D eigenvalue weighted by atomic mass is 16.5. The van der Waals surface area contributed by atoms with Gasteiger partial charge < -0.3 is 14.2 Å². The van der Waals surface area contributed by atoms with Crippen molar-refractivity contribution >= 4 is 0 Å². The van der Waals surface area contributed by atoms with E-state index in [-0.39, 0.29) is 5.41 Å². The molecule has 0 saturated carbocycles. The van der Waals surface area contributed by atoms with E-state index in [0.717, 1.165) is 5.75 Å². The molecule has 0 saturated heterocycles. The van der Waals surface area contributed by atoms with Gasteiger partial charge in [0.2, 0.25) is 0 Å². The molecule has 0 heterocycles. The molecule has 1 aromatic carbocycles. The van der Waals surface area contributed by atoms with Crippen LogP contribution in [0, 0.1) is 5.41 Å². The van der Waals surface area contributed by atoms with Crippen molar-refractivity contribution in [3.8, 4) is 5.75 Å². The van der Waals surface area contributed by atoms with Crippen LogP contribution in [-0.2, 0) is 9.47 Å². The third-order valence-corrected chi connectivity index (χ3v) is 3.61. The standard InChI is InChI=1S/C17H28O3/c1-14(17(2,3)4)15-6-8-16(9-7-15)20-13-12-19-11-10-18-5/h6-9,14H,10-13H2,1-5H3. The monoisotopic (exact) mass is 280 g/mol. The average molecular weight is 280 g/mol. The van der Waals surface area contributed by atoms with E-state index < -0.39 is 0 Å². The Morgan fingerprint density at radius 2 is 1.55 bits per heavy atom. The summed E-state index contributed by atoms with van der Waals surface area (Å²) in [6.45, 7) is 11.4. The lowest BCUT2D eigenvalue weighted by atomic mass is 9.78. The van der Waals surface area contributed by atoms with Crippen LogP contribution in [0.2, 0.25) is 0 Å². The van der Waals surface area contributed by atoms with Gasteiger partial charge in [0, 0.05) is 7.11 Å². The fourth-order valence-electron chi connectivity index (χ4n) is 1.82. The summed E-state index contributed by atoms with van der Waals surface area (Å²) in [6, 6.07) is 8.37. The average Bonchev–Trinajstić information content (AvgIpc) is 2.41. The van der Waals surface area contributed by atoms with Gasteiger partial charge in [-0.1, -0.05) is 39.8 Å². The van der Waals surface area contributed by atoms with E-state index in [9.17, 15) is 0 Å². The highest BCUT2D eigenvalue weighted by molar-refractivity contribution is 5.30. The van der Waals surface area contributed by atoms with Gasteiger partial charge in [0.15, 0.2) is 0 Å². The van der Waals surface area contributed by atoms with E-state index in [0.29, 0.717) is 32.3 Å². The summed E-state index contributed by atoms with van der Waals surface area (Å²) in [4.78, 5) is 0. The van der Waals surface area contributed by atoms with Gasteiger partial charge in [-0.15, -0.1) is 0 Å². The van der Waals surface area contributed by atoms with Crippen LogP contribution in [0.5, 0.6) is 5.75 Å². The molecule has 0 aliphatic heterocycles. The molecular weight excluding hydrogens is 252 g/mol. The van der Waals surface area contributed by atoms with Gasteiger partial charge in [0.05, 0.1) is 19.8 Å². The first kappa shape index (κ1) is 17.0. The summed E-state index contributed by atoms with van der Waals surface area (Å²) in [6.07, 6.45) is 0. The molecule has 0 aromatic heterocycles. The molecule has 0 N–H and O–H groups in total. The largest absolute Gasteiger partial charge is 0.491 e. The van der Waals surface area contributed by atoms with Crippen LogP contribution in [0.3, 0.4) is 0 Å². The SMILES string of the molecule is COCCOCCOc1ccc(C(C)C(C)(C)C)cc1. The number of hydrogen-bond acceptors (Lipinski definition) is 3. The van der Waals surface area contributed by atoms with Gasteiger partial charge in [0.1, 0.15) is 12.4 Å². The molecule has 20 heavy (non-hydrogen) atoms. The zero-order chi connectivity index (χ0) is 15.0. The Kier molecular flexibility index (Phi) is 7.03. The second-order valence-corrected chi connectivity index (χ2v) is 6.11. The maximum Gasteiger partial charge on any atom is 0.119 e. The van der Waals surface area contributed by atoms with Crippen molar-refractivity contribution in [1.82, 2.24) is 0 Å². The molecule has 0 spiro atoms. The normalized spacial score (nSPS) is 13.2. The fourth-order valence-corrected chi connectivity index (χ4v) is 1.82. The Hall–Kier alpha value is -1.06. The van der Waals surface area contributed by atoms with E-state index in [2.05, 4.69) is 39.8 Å². The van der Waals surface area contributed by atoms with E-state index in [1.807, 2.05) is 12.1 Å². The molecule has 0 amide bonds. The minimum absolute atomic E-state index is 0.275. The third kappa shape index (κ3) is 5.93. The minimum atomic E-state index is 0.275. The Morgan fingerprint density at radius 3 is 2.10 bits per heavy atom. The van der Waals surface area contributed by atoms with Crippen molar-refractivity contribution < 1.29 is 14.2 Å². The lowest BCUT2D eigenvalue weighted by Gasteiger charge is -2.27. The summed E-state index contributed by atoms with van der Waals surface area (Å²) in [5.41, 5.74) is 1.62. The molecule has 1 aromatic rings. The second-order valence-electron chi connectivity index (χ2n) is 6.11. The van der Waals surface area contributed by atoms with Crippen molar-refractivity contribution in [3.05, 3.63) is 29.8 Å². The second kappa shape index (κ2) is 8.28. The van der Waals surface area contributed by atoms with Crippen molar-refractivity contribution in [2.24, 2.45) is 5.41 Å². The van der Waals surface area contributed by atoms with E-state index in [4.69, 9.17) is 14.2 Å². The van der Waals surface area contributed by atoms with Gasteiger partial charge >= 0.3 is 0 Å². The van der Waals surface area contributed by atoms with Crippen LogP contribution in [0.4, 0.5) is 0 Å². The lowest BCUT2D eigenvalue weighted by molar-refractivity contribution is 0.0544. The lowest BCUT2D eigenvalue weighted by Crippen LogP contribution is -2.15. The summed E-state index contributed by atoms with van der Waals surface area (Å²) >= 11 is 0. The molecule has 3 heteroatoms. The van der Waals surface area contributed by atoms with Crippen molar-refractivity contribution in [3.63, 3.8) is 0 Å². The number of rotatable bonds is 8. The quantitative estimate of drug-likeness (QED) is 0.676. The summed E-state index contributed by atoms with van der Waals surface area (Å²) < 4.78 is 15.9. The van der Waals surface area contributed by atoms with Gasteiger partial charge in [-0.2, -0.15) is 0 Å². The van der Waals surface area contributed by atoms with Crippen molar-refractivity contribution in [2.75, 3.05) is 33.5 Å². The Balaban J connectivity index is 2.36. The van der Waals surface area contributed by atoms with E-state index in [1.54, 1.807) is 7.11 Å². The number of ether oxygens (including phenoxy) is 3. The topological polar surface area (TPSA) is 27.7 Å². The molecule has 0 fully saturated rings. The summed E-state index contributed by atoms with van der Waals surface area (Å²) in [7, 11) is 1.67. The highest BCUT2D eigenvalue weighted by Crippen LogP contribution is 2.34. The first-order valence-corrected chi connectivity index (χ1v) is 7.24. The van der Waals surface area contributed by atoms with Crippen LogP contribution < -0.4 is 4.74 Å². The zero-order valence-corrected chi connectivity index (χ0v) is 13.4. The first-order valence-electron chi connectivity index (χ1n) is 7.24. The zero-order valence-electron chi connectivity index (χ0n) is 13.4. The van der Waals surface area contributed by atoms with Gasteiger partial charge in [-0.3, -0.25) is 0 Å². The molecule has 0 bridgehead atoms. The smallest absolute Gasteiger partial charge is 0.119 e. The van der Waals surface area contributed by atoms with Crippen LogP contribution in [0.25, 0.3) is 0 Å².